The molecule has 0 radical (unpaired) electrons. The molecule has 1 atom stereocenters. The first-order chi connectivity index (χ1) is 7.20. The molecule has 4 N–H and O–H groups in total. The minimum absolute atomic E-state index is 0.508. The molecular formula is C12H12N2O. The van der Waals surface area contributed by atoms with Gasteiger partial charge in [-0.2, -0.15) is 0 Å². The zero-order valence-electron chi connectivity index (χ0n) is 8.18. The van der Waals surface area contributed by atoms with E-state index in [1.807, 2.05) is 42.5 Å². The number of fused-ring (bicyclic) bond motifs is 1. The van der Waals surface area contributed by atoms with Gasteiger partial charge in [0.1, 0.15) is 6.04 Å². The number of nitrogens with two attached hydrogens (primary N) is 2. The molecule has 2 rings (SSSR count). The lowest BCUT2D eigenvalue weighted by molar-refractivity contribution is -0.119. The van der Waals surface area contributed by atoms with Crippen molar-refractivity contribution in [2.24, 2.45) is 11.5 Å². The zero-order valence-corrected chi connectivity index (χ0v) is 8.18. The van der Waals surface area contributed by atoms with Crippen molar-refractivity contribution in [3.8, 4) is 0 Å². The van der Waals surface area contributed by atoms with E-state index in [0.29, 0.717) is 0 Å². The highest BCUT2D eigenvalue weighted by Gasteiger charge is 2.14. The van der Waals surface area contributed by atoms with E-state index in [1.165, 1.54) is 0 Å². The van der Waals surface area contributed by atoms with Crippen LogP contribution < -0.4 is 11.5 Å². The molecule has 0 aromatic heterocycles. The smallest absolute Gasteiger partial charge is 0.238 e. The van der Waals surface area contributed by atoms with E-state index in [4.69, 9.17) is 11.5 Å². The first kappa shape index (κ1) is 9.68. The number of hydrogen-bond acceptors (Lipinski definition) is 2. The molecule has 0 unspecified atom stereocenters. The highest BCUT2D eigenvalue weighted by atomic mass is 16.1. The van der Waals surface area contributed by atoms with Crippen LogP contribution in [0.5, 0.6) is 0 Å². The Morgan fingerprint density at radius 3 is 2.47 bits per heavy atom. The average Bonchev–Trinajstić information content (AvgIpc) is 2.27. The Balaban J connectivity index is 2.65. The fourth-order valence-electron chi connectivity index (χ4n) is 1.67. The first-order valence-electron chi connectivity index (χ1n) is 4.72. The lowest BCUT2D eigenvalue weighted by Crippen LogP contribution is -2.28. The van der Waals surface area contributed by atoms with Gasteiger partial charge in [0, 0.05) is 0 Å². The molecule has 0 saturated carbocycles. The van der Waals surface area contributed by atoms with Crippen molar-refractivity contribution in [1.82, 2.24) is 0 Å². The van der Waals surface area contributed by atoms with E-state index in [0.717, 1.165) is 16.3 Å². The second-order valence-electron chi connectivity index (χ2n) is 3.45. The molecule has 0 aliphatic carbocycles. The minimum Gasteiger partial charge on any atom is -0.368 e. The molecule has 1 amide bonds. The monoisotopic (exact) mass is 200 g/mol. The van der Waals surface area contributed by atoms with Crippen LogP contribution in [0, 0.1) is 0 Å². The molecule has 2 aromatic rings. The highest BCUT2D eigenvalue weighted by Crippen LogP contribution is 2.22. The Morgan fingerprint density at radius 1 is 1.07 bits per heavy atom. The quantitative estimate of drug-likeness (QED) is 0.767. The molecular weight excluding hydrogens is 188 g/mol. The Labute approximate surface area is 87.7 Å². The standard InChI is InChI=1S/C12H12N2O/c13-11(12(14)15)10-7-3-5-8-4-1-2-6-9(8)10/h1-7,11H,13H2,(H2,14,15)/t11-/m1/s1. The second-order valence-corrected chi connectivity index (χ2v) is 3.45. The maximum absolute atomic E-state index is 11.0. The molecule has 15 heavy (non-hydrogen) atoms. The number of amides is 1. The summed E-state index contributed by atoms with van der Waals surface area (Å²) in [6.45, 7) is 0. The summed E-state index contributed by atoms with van der Waals surface area (Å²) in [6, 6.07) is 12.7. The predicted molar refractivity (Wildman–Crippen MR) is 60.1 cm³/mol. The number of carbonyl (C=O) groups excluding carboxylic acids is 1. The molecule has 0 fully saturated rings. The summed E-state index contributed by atoms with van der Waals surface area (Å²) in [4.78, 5) is 11.0. The van der Waals surface area contributed by atoms with Crippen LogP contribution in [-0.4, -0.2) is 5.91 Å². The van der Waals surface area contributed by atoms with E-state index in [2.05, 4.69) is 0 Å². The molecule has 2 aromatic carbocycles. The van der Waals surface area contributed by atoms with Crippen LogP contribution in [0.25, 0.3) is 10.8 Å². The fourth-order valence-corrected chi connectivity index (χ4v) is 1.67. The van der Waals surface area contributed by atoms with Gasteiger partial charge in [0.05, 0.1) is 0 Å². The Hall–Kier alpha value is -1.87. The molecule has 0 bridgehead atoms. The average molecular weight is 200 g/mol. The lowest BCUT2D eigenvalue weighted by Gasteiger charge is -2.10. The largest absolute Gasteiger partial charge is 0.368 e. The minimum atomic E-state index is -0.740. The van der Waals surface area contributed by atoms with E-state index in [9.17, 15) is 4.79 Å². The third-order valence-electron chi connectivity index (χ3n) is 2.46. The third kappa shape index (κ3) is 1.69. The molecule has 3 heteroatoms. The van der Waals surface area contributed by atoms with Crippen molar-refractivity contribution >= 4 is 16.7 Å². The van der Waals surface area contributed by atoms with Gasteiger partial charge in [0.25, 0.3) is 0 Å². The van der Waals surface area contributed by atoms with Crippen LogP contribution >= 0.6 is 0 Å². The van der Waals surface area contributed by atoms with Crippen molar-refractivity contribution in [2.45, 2.75) is 6.04 Å². The van der Waals surface area contributed by atoms with Crippen LogP contribution in [0.3, 0.4) is 0 Å². The molecule has 0 spiro atoms. The number of primary amides is 1. The van der Waals surface area contributed by atoms with Crippen LogP contribution in [0.15, 0.2) is 42.5 Å². The predicted octanol–water partition coefficient (Wildman–Crippen LogP) is 1.32. The van der Waals surface area contributed by atoms with Crippen molar-refractivity contribution in [3.63, 3.8) is 0 Å². The van der Waals surface area contributed by atoms with Gasteiger partial charge in [-0.25, -0.2) is 0 Å². The van der Waals surface area contributed by atoms with Crippen LogP contribution in [-0.2, 0) is 4.79 Å². The van der Waals surface area contributed by atoms with Gasteiger partial charge in [-0.1, -0.05) is 42.5 Å². The van der Waals surface area contributed by atoms with Crippen molar-refractivity contribution < 1.29 is 4.79 Å². The van der Waals surface area contributed by atoms with E-state index >= 15 is 0 Å². The Morgan fingerprint density at radius 2 is 1.73 bits per heavy atom. The summed E-state index contributed by atoms with van der Waals surface area (Å²) in [5.41, 5.74) is 11.7. The Bertz CT molecular complexity index is 502. The van der Waals surface area contributed by atoms with Crippen LogP contribution in [0.4, 0.5) is 0 Å². The number of rotatable bonds is 2. The van der Waals surface area contributed by atoms with Gasteiger partial charge in [-0.15, -0.1) is 0 Å². The van der Waals surface area contributed by atoms with Gasteiger partial charge in [0.2, 0.25) is 5.91 Å². The van der Waals surface area contributed by atoms with Crippen molar-refractivity contribution in [2.75, 3.05) is 0 Å². The lowest BCUT2D eigenvalue weighted by atomic mass is 9.99. The number of benzene rings is 2. The normalized spacial score (nSPS) is 12.6. The number of hydrogen-bond donors (Lipinski definition) is 2. The highest BCUT2D eigenvalue weighted by molar-refractivity contribution is 5.91. The van der Waals surface area contributed by atoms with Gasteiger partial charge < -0.3 is 11.5 Å². The first-order valence-corrected chi connectivity index (χ1v) is 4.72. The van der Waals surface area contributed by atoms with Crippen LogP contribution in [0.2, 0.25) is 0 Å². The molecule has 0 heterocycles. The maximum Gasteiger partial charge on any atom is 0.238 e. The molecule has 0 aliphatic heterocycles. The molecule has 3 nitrogen and oxygen atoms in total. The van der Waals surface area contributed by atoms with Crippen LogP contribution in [0.1, 0.15) is 11.6 Å². The van der Waals surface area contributed by atoms with E-state index in [-0.39, 0.29) is 0 Å². The van der Waals surface area contributed by atoms with Gasteiger partial charge in [0.15, 0.2) is 0 Å². The summed E-state index contributed by atoms with van der Waals surface area (Å²) < 4.78 is 0. The maximum atomic E-state index is 11.0. The Kier molecular flexibility index (Phi) is 2.39. The zero-order chi connectivity index (χ0) is 10.8. The van der Waals surface area contributed by atoms with Gasteiger partial charge in [-0.05, 0) is 16.3 Å². The second kappa shape index (κ2) is 3.71. The molecule has 0 saturated heterocycles. The van der Waals surface area contributed by atoms with Crippen molar-refractivity contribution in [3.05, 3.63) is 48.0 Å². The molecule has 0 aliphatic rings. The van der Waals surface area contributed by atoms with E-state index < -0.39 is 11.9 Å². The topological polar surface area (TPSA) is 69.1 Å². The summed E-state index contributed by atoms with van der Waals surface area (Å²) >= 11 is 0. The third-order valence-corrected chi connectivity index (χ3v) is 2.46. The SMILES string of the molecule is NC(=O)[C@H](N)c1cccc2ccccc12. The van der Waals surface area contributed by atoms with Gasteiger partial charge in [-0.3, -0.25) is 4.79 Å². The van der Waals surface area contributed by atoms with Crippen molar-refractivity contribution in [1.29, 1.82) is 0 Å². The van der Waals surface area contributed by atoms with E-state index in [1.54, 1.807) is 0 Å². The summed E-state index contributed by atoms with van der Waals surface area (Å²) in [7, 11) is 0. The summed E-state index contributed by atoms with van der Waals surface area (Å²) in [6.07, 6.45) is 0. The summed E-state index contributed by atoms with van der Waals surface area (Å²) in [5.74, 6) is -0.508. The number of carbonyl (C=O) groups is 1. The summed E-state index contributed by atoms with van der Waals surface area (Å²) in [5, 5.41) is 2.04. The fraction of sp³-hybridized carbons (Fsp3) is 0.0833. The molecule has 76 valence electrons. The van der Waals surface area contributed by atoms with Gasteiger partial charge >= 0.3 is 0 Å².